The van der Waals surface area contributed by atoms with Crippen molar-refractivity contribution in [2.24, 2.45) is 0 Å². The van der Waals surface area contributed by atoms with Crippen molar-refractivity contribution in [1.82, 2.24) is 9.97 Å². The van der Waals surface area contributed by atoms with E-state index in [-0.39, 0.29) is 16.6 Å². The zero-order valence-corrected chi connectivity index (χ0v) is 8.85. The van der Waals surface area contributed by atoms with E-state index in [1.165, 1.54) is 18.5 Å². The molecule has 1 N–H and O–H groups in total. The fourth-order valence-corrected chi connectivity index (χ4v) is 1.49. The Hall–Kier alpha value is -2.68. The number of nitro groups is 1. The Bertz CT molecular complexity index is 722. The molecule has 6 heteroatoms. The summed E-state index contributed by atoms with van der Waals surface area (Å²) in [5, 5.41) is 11.0. The average molecular weight is 229 g/mol. The summed E-state index contributed by atoms with van der Waals surface area (Å²) in [6, 6.07) is 2.64. The van der Waals surface area contributed by atoms with Crippen LogP contribution in [0.2, 0.25) is 0 Å². The fraction of sp³-hybridized carbons (Fsp3) is 0.0909. The molecular formula is C11H7N3O3. The molecule has 0 atom stereocenters. The zero-order valence-electron chi connectivity index (χ0n) is 8.85. The second-order valence-electron chi connectivity index (χ2n) is 3.25. The third kappa shape index (κ3) is 1.86. The molecule has 6 nitrogen and oxygen atoms in total. The summed E-state index contributed by atoms with van der Waals surface area (Å²) in [4.78, 5) is 28.1. The molecule has 0 saturated carbocycles. The van der Waals surface area contributed by atoms with Gasteiger partial charge in [-0.25, -0.2) is 4.98 Å². The SMILES string of the molecule is CC#Cc1cc2nc[nH]c(=O)c2cc1[N+](=O)[O-]. The number of fused-ring (bicyclic) bond motifs is 1. The predicted octanol–water partition coefficient (Wildman–Crippen LogP) is 1.20. The number of nitrogens with one attached hydrogen (secondary N) is 1. The van der Waals surface area contributed by atoms with Crippen LogP contribution in [0.1, 0.15) is 12.5 Å². The molecule has 0 aliphatic heterocycles. The van der Waals surface area contributed by atoms with Crippen LogP contribution in [0.25, 0.3) is 10.9 Å². The smallest absolute Gasteiger partial charge is 0.285 e. The summed E-state index contributed by atoms with van der Waals surface area (Å²) in [5.74, 6) is 5.22. The van der Waals surface area contributed by atoms with Crippen LogP contribution in [-0.4, -0.2) is 14.9 Å². The lowest BCUT2D eigenvalue weighted by atomic mass is 10.1. The highest BCUT2D eigenvalue weighted by Crippen LogP contribution is 2.21. The Labute approximate surface area is 95.5 Å². The number of hydrogen-bond donors (Lipinski definition) is 1. The van der Waals surface area contributed by atoms with E-state index >= 15 is 0 Å². The maximum absolute atomic E-state index is 11.5. The largest absolute Gasteiger partial charge is 0.313 e. The van der Waals surface area contributed by atoms with Gasteiger partial charge in [0, 0.05) is 6.07 Å². The number of aromatic amines is 1. The highest BCUT2D eigenvalue weighted by Gasteiger charge is 2.15. The summed E-state index contributed by atoms with van der Waals surface area (Å²) in [5.41, 5.74) is 0.0413. The van der Waals surface area contributed by atoms with E-state index in [0.29, 0.717) is 5.52 Å². The summed E-state index contributed by atoms with van der Waals surface area (Å²) in [7, 11) is 0. The second kappa shape index (κ2) is 4.06. The van der Waals surface area contributed by atoms with Crippen molar-refractivity contribution in [2.75, 3.05) is 0 Å². The number of aromatic nitrogens is 2. The van der Waals surface area contributed by atoms with Gasteiger partial charge in [0.25, 0.3) is 11.2 Å². The molecule has 0 aliphatic carbocycles. The molecule has 0 spiro atoms. The molecule has 0 amide bonds. The van der Waals surface area contributed by atoms with E-state index in [2.05, 4.69) is 21.8 Å². The van der Waals surface area contributed by atoms with Gasteiger partial charge in [0.2, 0.25) is 0 Å². The first-order valence-corrected chi connectivity index (χ1v) is 4.72. The maximum Gasteiger partial charge on any atom is 0.285 e. The van der Waals surface area contributed by atoms with Crippen LogP contribution in [0.5, 0.6) is 0 Å². The number of benzene rings is 1. The molecule has 2 aromatic rings. The molecule has 1 heterocycles. The van der Waals surface area contributed by atoms with Gasteiger partial charge in [0.15, 0.2) is 0 Å². The average Bonchev–Trinajstić information content (AvgIpc) is 2.29. The van der Waals surface area contributed by atoms with Crippen molar-refractivity contribution in [3.8, 4) is 11.8 Å². The quantitative estimate of drug-likeness (QED) is 0.452. The van der Waals surface area contributed by atoms with Gasteiger partial charge in [-0.3, -0.25) is 14.9 Å². The predicted molar refractivity (Wildman–Crippen MR) is 61.6 cm³/mol. The van der Waals surface area contributed by atoms with E-state index in [4.69, 9.17) is 0 Å². The minimum Gasteiger partial charge on any atom is -0.313 e. The van der Waals surface area contributed by atoms with Crippen LogP contribution in [0.15, 0.2) is 23.3 Å². The van der Waals surface area contributed by atoms with Crippen molar-refractivity contribution in [2.45, 2.75) is 6.92 Å². The van der Waals surface area contributed by atoms with Crippen LogP contribution >= 0.6 is 0 Å². The van der Waals surface area contributed by atoms with Gasteiger partial charge in [0.05, 0.1) is 22.2 Å². The summed E-state index contributed by atoms with van der Waals surface area (Å²) < 4.78 is 0. The number of H-pyrrole nitrogens is 1. The van der Waals surface area contributed by atoms with Gasteiger partial charge in [-0.2, -0.15) is 0 Å². The first-order chi connectivity index (χ1) is 8.13. The van der Waals surface area contributed by atoms with E-state index in [1.54, 1.807) is 6.92 Å². The van der Waals surface area contributed by atoms with E-state index in [1.807, 2.05) is 0 Å². The highest BCUT2D eigenvalue weighted by molar-refractivity contribution is 5.82. The maximum atomic E-state index is 11.5. The first kappa shape index (κ1) is 10.8. The molecule has 0 bridgehead atoms. The Morgan fingerprint density at radius 1 is 1.47 bits per heavy atom. The zero-order chi connectivity index (χ0) is 12.4. The summed E-state index contributed by atoms with van der Waals surface area (Å²) in [6.45, 7) is 1.58. The topological polar surface area (TPSA) is 88.9 Å². The fourth-order valence-electron chi connectivity index (χ4n) is 1.49. The summed E-state index contributed by atoms with van der Waals surface area (Å²) in [6.07, 6.45) is 1.25. The van der Waals surface area contributed by atoms with Crippen molar-refractivity contribution in [3.63, 3.8) is 0 Å². The lowest BCUT2D eigenvalue weighted by Gasteiger charge is -1.98. The third-order valence-corrected chi connectivity index (χ3v) is 2.21. The third-order valence-electron chi connectivity index (χ3n) is 2.21. The molecule has 2 rings (SSSR count). The Kier molecular flexibility index (Phi) is 2.58. The van der Waals surface area contributed by atoms with Crippen molar-refractivity contribution in [1.29, 1.82) is 0 Å². The molecule has 0 fully saturated rings. The van der Waals surface area contributed by atoms with Crippen LogP contribution in [0, 0.1) is 22.0 Å². The van der Waals surface area contributed by atoms with Gasteiger partial charge in [-0.1, -0.05) is 5.92 Å². The number of rotatable bonds is 1. The van der Waals surface area contributed by atoms with E-state index < -0.39 is 10.5 Å². The molecule has 0 radical (unpaired) electrons. The Balaban J connectivity index is 2.90. The van der Waals surface area contributed by atoms with Gasteiger partial charge >= 0.3 is 0 Å². The van der Waals surface area contributed by atoms with Gasteiger partial charge in [-0.15, -0.1) is 5.92 Å². The molecule has 1 aromatic carbocycles. The van der Waals surface area contributed by atoms with Crippen LogP contribution in [0.3, 0.4) is 0 Å². The first-order valence-electron chi connectivity index (χ1n) is 4.72. The van der Waals surface area contributed by atoms with Crippen LogP contribution in [-0.2, 0) is 0 Å². The molecule has 0 aliphatic rings. The molecule has 0 saturated heterocycles. The Morgan fingerprint density at radius 3 is 2.88 bits per heavy atom. The van der Waals surface area contributed by atoms with Crippen molar-refractivity contribution < 1.29 is 4.92 Å². The second-order valence-corrected chi connectivity index (χ2v) is 3.25. The van der Waals surface area contributed by atoms with Crippen LogP contribution in [0.4, 0.5) is 5.69 Å². The van der Waals surface area contributed by atoms with E-state index in [9.17, 15) is 14.9 Å². The number of nitro benzene ring substituents is 1. The molecule has 1 aromatic heterocycles. The van der Waals surface area contributed by atoms with Gasteiger partial charge in [0.1, 0.15) is 5.56 Å². The van der Waals surface area contributed by atoms with Crippen molar-refractivity contribution >= 4 is 16.6 Å². The molecule has 17 heavy (non-hydrogen) atoms. The van der Waals surface area contributed by atoms with Gasteiger partial charge < -0.3 is 4.98 Å². The molecule has 0 unspecified atom stereocenters. The lowest BCUT2D eigenvalue weighted by molar-refractivity contribution is -0.385. The molecule has 84 valence electrons. The molecular weight excluding hydrogens is 222 g/mol. The van der Waals surface area contributed by atoms with Gasteiger partial charge in [-0.05, 0) is 13.0 Å². The normalized spacial score (nSPS) is 9.71. The minimum atomic E-state index is -0.564. The number of nitrogens with zero attached hydrogens (tertiary/aromatic N) is 2. The summed E-state index contributed by atoms with van der Waals surface area (Å²) >= 11 is 0. The minimum absolute atomic E-state index is 0.181. The Morgan fingerprint density at radius 2 is 2.24 bits per heavy atom. The highest BCUT2D eigenvalue weighted by atomic mass is 16.6. The van der Waals surface area contributed by atoms with Crippen molar-refractivity contribution in [3.05, 3.63) is 44.5 Å². The monoisotopic (exact) mass is 229 g/mol. The van der Waals surface area contributed by atoms with Crippen LogP contribution < -0.4 is 5.56 Å². The standard InChI is InChI=1S/C11H7N3O3/c1-2-3-7-4-9-8(5-10(7)14(16)17)11(15)13-6-12-9/h4-6H,1H3,(H,12,13,15). The number of hydrogen-bond acceptors (Lipinski definition) is 4. The lowest BCUT2D eigenvalue weighted by Crippen LogP contribution is -2.07. The van der Waals surface area contributed by atoms with E-state index in [0.717, 1.165) is 0 Å².